The fraction of sp³-hybridized carbons (Fsp3) is 0.600. The van der Waals surface area contributed by atoms with Gasteiger partial charge >= 0.3 is 0 Å². The second kappa shape index (κ2) is 5.54. The quantitative estimate of drug-likeness (QED) is 0.858. The average molecular weight is 232 g/mol. The molecule has 0 spiro atoms. The number of anilines is 1. The van der Waals surface area contributed by atoms with Gasteiger partial charge in [-0.1, -0.05) is 26.0 Å². The Balaban J connectivity index is 2.05. The van der Waals surface area contributed by atoms with Crippen LogP contribution in [0.5, 0.6) is 0 Å². The molecule has 1 aliphatic rings. The van der Waals surface area contributed by atoms with Crippen LogP contribution in [0, 0.1) is 5.92 Å². The summed E-state index contributed by atoms with van der Waals surface area (Å²) in [6.07, 6.45) is 1.31. The zero-order valence-electron chi connectivity index (χ0n) is 11.2. The highest BCUT2D eigenvalue weighted by Crippen LogP contribution is 2.26. The highest BCUT2D eigenvalue weighted by atomic mass is 15.2. The normalized spacial score (nSPS) is 20.2. The van der Waals surface area contributed by atoms with Crippen molar-refractivity contribution in [3.63, 3.8) is 0 Å². The molecule has 17 heavy (non-hydrogen) atoms. The summed E-state index contributed by atoms with van der Waals surface area (Å²) in [5, 5.41) is 3.28. The van der Waals surface area contributed by atoms with E-state index < -0.39 is 0 Å². The lowest BCUT2D eigenvalue weighted by Crippen LogP contribution is -2.24. The van der Waals surface area contributed by atoms with Crippen LogP contribution in [-0.2, 0) is 0 Å². The number of rotatable bonds is 4. The molecule has 0 amide bonds. The monoisotopic (exact) mass is 232 g/mol. The van der Waals surface area contributed by atoms with Crippen molar-refractivity contribution in [2.75, 3.05) is 31.6 Å². The van der Waals surface area contributed by atoms with E-state index in [-0.39, 0.29) is 0 Å². The molecule has 1 atom stereocenters. The van der Waals surface area contributed by atoms with E-state index in [9.17, 15) is 0 Å². The van der Waals surface area contributed by atoms with Crippen LogP contribution < -0.4 is 10.2 Å². The second-order valence-electron chi connectivity index (χ2n) is 5.41. The minimum absolute atomic E-state index is 0.616. The average Bonchev–Trinajstić information content (AvgIpc) is 2.78. The molecule has 1 aromatic carbocycles. The summed E-state index contributed by atoms with van der Waals surface area (Å²) in [5.74, 6) is 1.42. The first kappa shape index (κ1) is 12.4. The molecule has 1 saturated heterocycles. The SMILES string of the molecule is CNCC1CCN(c2cccc(C(C)C)c2)C1. The van der Waals surface area contributed by atoms with Gasteiger partial charge in [0.05, 0.1) is 0 Å². The van der Waals surface area contributed by atoms with Crippen LogP contribution in [0.1, 0.15) is 31.7 Å². The summed E-state index contributed by atoms with van der Waals surface area (Å²) < 4.78 is 0. The third-order valence-corrected chi connectivity index (χ3v) is 3.68. The van der Waals surface area contributed by atoms with Crippen LogP contribution >= 0.6 is 0 Å². The number of hydrogen-bond donors (Lipinski definition) is 1. The molecular weight excluding hydrogens is 208 g/mol. The van der Waals surface area contributed by atoms with Crippen LogP contribution in [0.3, 0.4) is 0 Å². The van der Waals surface area contributed by atoms with Gasteiger partial charge in [0.1, 0.15) is 0 Å². The van der Waals surface area contributed by atoms with Gasteiger partial charge in [0.15, 0.2) is 0 Å². The van der Waals surface area contributed by atoms with E-state index in [2.05, 4.69) is 48.3 Å². The van der Waals surface area contributed by atoms with E-state index in [0.29, 0.717) is 5.92 Å². The summed E-state index contributed by atoms with van der Waals surface area (Å²) in [6, 6.07) is 9.02. The lowest BCUT2D eigenvalue weighted by atomic mass is 10.0. The molecule has 0 saturated carbocycles. The molecule has 1 aromatic rings. The van der Waals surface area contributed by atoms with Crippen LogP contribution in [0.25, 0.3) is 0 Å². The van der Waals surface area contributed by atoms with E-state index in [4.69, 9.17) is 0 Å². The van der Waals surface area contributed by atoms with Crippen molar-refractivity contribution in [1.82, 2.24) is 5.32 Å². The molecule has 1 aliphatic heterocycles. The Morgan fingerprint density at radius 2 is 2.24 bits per heavy atom. The zero-order chi connectivity index (χ0) is 12.3. The van der Waals surface area contributed by atoms with Crippen molar-refractivity contribution < 1.29 is 0 Å². The Morgan fingerprint density at radius 3 is 2.94 bits per heavy atom. The molecule has 1 unspecified atom stereocenters. The van der Waals surface area contributed by atoms with E-state index >= 15 is 0 Å². The molecule has 0 radical (unpaired) electrons. The van der Waals surface area contributed by atoms with Crippen molar-refractivity contribution in [3.05, 3.63) is 29.8 Å². The van der Waals surface area contributed by atoms with E-state index in [1.807, 2.05) is 7.05 Å². The Kier molecular flexibility index (Phi) is 4.06. The molecule has 1 N–H and O–H groups in total. The predicted octanol–water partition coefficient (Wildman–Crippen LogP) is 2.86. The van der Waals surface area contributed by atoms with Gasteiger partial charge in [-0.15, -0.1) is 0 Å². The van der Waals surface area contributed by atoms with Gasteiger partial charge in [0, 0.05) is 18.8 Å². The number of hydrogen-bond acceptors (Lipinski definition) is 2. The summed E-state index contributed by atoms with van der Waals surface area (Å²) in [5.41, 5.74) is 2.84. The maximum Gasteiger partial charge on any atom is 0.0369 e. The van der Waals surface area contributed by atoms with E-state index in [0.717, 1.165) is 12.5 Å². The highest BCUT2D eigenvalue weighted by Gasteiger charge is 2.22. The molecule has 1 fully saturated rings. The van der Waals surface area contributed by atoms with Crippen molar-refractivity contribution >= 4 is 5.69 Å². The molecule has 2 nitrogen and oxygen atoms in total. The third kappa shape index (κ3) is 3.01. The number of nitrogens with zero attached hydrogens (tertiary/aromatic N) is 1. The van der Waals surface area contributed by atoms with Gasteiger partial charge in [-0.05, 0) is 49.5 Å². The second-order valence-corrected chi connectivity index (χ2v) is 5.41. The largest absolute Gasteiger partial charge is 0.371 e. The van der Waals surface area contributed by atoms with Crippen LogP contribution in [0.4, 0.5) is 5.69 Å². The van der Waals surface area contributed by atoms with Crippen LogP contribution in [0.15, 0.2) is 24.3 Å². The van der Waals surface area contributed by atoms with Gasteiger partial charge in [-0.2, -0.15) is 0 Å². The predicted molar refractivity (Wildman–Crippen MR) is 74.8 cm³/mol. The summed E-state index contributed by atoms with van der Waals surface area (Å²) in [4.78, 5) is 2.52. The minimum Gasteiger partial charge on any atom is -0.371 e. The van der Waals surface area contributed by atoms with Crippen LogP contribution in [-0.4, -0.2) is 26.7 Å². The molecule has 0 aliphatic carbocycles. The molecule has 0 aromatic heterocycles. The Morgan fingerprint density at radius 1 is 1.41 bits per heavy atom. The molecule has 1 heterocycles. The van der Waals surface area contributed by atoms with Crippen molar-refractivity contribution in [3.8, 4) is 0 Å². The molecular formula is C15H24N2. The maximum atomic E-state index is 3.28. The standard InChI is InChI=1S/C15H24N2/c1-12(2)14-5-4-6-15(9-14)17-8-7-13(11-17)10-16-3/h4-6,9,12-13,16H,7-8,10-11H2,1-3H3. The highest BCUT2D eigenvalue weighted by molar-refractivity contribution is 5.50. The fourth-order valence-electron chi connectivity index (χ4n) is 2.60. The smallest absolute Gasteiger partial charge is 0.0369 e. The minimum atomic E-state index is 0.616. The Labute approximate surface area is 105 Å². The van der Waals surface area contributed by atoms with E-state index in [1.165, 1.54) is 30.8 Å². The van der Waals surface area contributed by atoms with Crippen molar-refractivity contribution in [2.45, 2.75) is 26.2 Å². The van der Waals surface area contributed by atoms with Gasteiger partial charge in [0.25, 0.3) is 0 Å². The van der Waals surface area contributed by atoms with Gasteiger partial charge in [-0.25, -0.2) is 0 Å². The Hall–Kier alpha value is -1.02. The topological polar surface area (TPSA) is 15.3 Å². The first-order valence-corrected chi connectivity index (χ1v) is 6.70. The lowest BCUT2D eigenvalue weighted by Gasteiger charge is -2.20. The summed E-state index contributed by atoms with van der Waals surface area (Å²) in [6.45, 7) is 8.05. The maximum absolute atomic E-state index is 3.28. The van der Waals surface area contributed by atoms with Gasteiger partial charge < -0.3 is 10.2 Å². The summed E-state index contributed by atoms with van der Waals surface area (Å²) >= 11 is 0. The van der Waals surface area contributed by atoms with Crippen molar-refractivity contribution in [2.24, 2.45) is 5.92 Å². The molecule has 2 heteroatoms. The fourth-order valence-corrected chi connectivity index (χ4v) is 2.60. The zero-order valence-corrected chi connectivity index (χ0v) is 11.2. The first-order valence-electron chi connectivity index (χ1n) is 6.70. The number of benzene rings is 1. The first-order chi connectivity index (χ1) is 8.20. The Bertz CT molecular complexity index is 360. The van der Waals surface area contributed by atoms with Crippen LogP contribution in [0.2, 0.25) is 0 Å². The summed E-state index contributed by atoms with van der Waals surface area (Å²) in [7, 11) is 2.04. The van der Waals surface area contributed by atoms with Crippen molar-refractivity contribution in [1.29, 1.82) is 0 Å². The molecule has 0 bridgehead atoms. The lowest BCUT2D eigenvalue weighted by molar-refractivity contribution is 0.549. The molecule has 94 valence electrons. The van der Waals surface area contributed by atoms with Gasteiger partial charge in [0.2, 0.25) is 0 Å². The van der Waals surface area contributed by atoms with E-state index in [1.54, 1.807) is 0 Å². The van der Waals surface area contributed by atoms with Gasteiger partial charge in [-0.3, -0.25) is 0 Å². The molecule has 2 rings (SSSR count). The number of nitrogens with one attached hydrogen (secondary N) is 1. The third-order valence-electron chi connectivity index (χ3n) is 3.68.